The zero-order valence-corrected chi connectivity index (χ0v) is 18.6. The molecule has 0 aliphatic heterocycles. The second-order valence-corrected chi connectivity index (χ2v) is 8.23. The van der Waals surface area contributed by atoms with Gasteiger partial charge in [-0.05, 0) is 59.7 Å². The highest BCUT2D eigenvalue weighted by molar-refractivity contribution is 6.39. The molecule has 0 radical (unpaired) electrons. The van der Waals surface area contributed by atoms with Gasteiger partial charge in [-0.25, -0.2) is 0 Å². The van der Waals surface area contributed by atoms with Gasteiger partial charge in [0.05, 0.1) is 31.5 Å². The predicted octanol–water partition coefficient (Wildman–Crippen LogP) is 9.45. The molecule has 0 heterocycles. The summed E-state index contributed by atoms with van der Waals surface area (Å²) in [6, 6.07) is 27.0. The Morgan fingerprint density at radius 2 is 0.700 bits per heavy atom. The number of benzene rings is 4. The third-order valence-electron chi connectivity index (χ3n) is 4.57. The van der Waals surface area contributed by atoms with E-state index in [1.54, 1.807) is 24.3 Å². The highest BCUT2D eigenvalue weighted by Gasteiger charge is 2.07. The number of nitrogens with one attached hydrogen (secondary N) is 2. The van der Waals surface area contributed by atoms with Gasteiger partial charge in [-0.3, -0.25) is 0 Å². The van der Waals surface area contributed by atoms with Crippen molar-refractivity contribution < 1.29 is 0 Å². The maximum absolute atomic E-state index is 6.23. The maximum atomic E-state index is 6.23. The molecule has 4 rings (SSSR count). The van der Waals surface area contributed by atoms with Crippen LogP contribution in [0.5, 0.6) is 0 Å². The highest BCUT2D eigenvalue weighted by atomic mass is 35.5. The van der Waals surface area contributed by atoms with Crippen molar-refractivity contribution >= 4 is 69.2 Å². The van der Waals surface area contributed by atoms with Crippen molar-refractivity contribution in [2.75, 3.05) is 10.6 Å². The summed E-state index contributed by atoms with van der Waals surface area (Å²) in [4.78, 5) is 0. The average Bonchev–Trinajstić information content (AvgIpc) is 2.75. The van der Waals surface area contributed by atoms with E-state index in [9.17, 15) is 0 Å². The molecule has 0 unspecified atom stereocenters. The minimum atomic E-state index is 0.577. The van der Waals surface area contributed by atoms with Crippen LogP contribution < -0.4 is 10.6 Å². The summed E-state index contributed by atoms with van der Waals surface area (Å²) in [5, 5.41) is 8.84. The van der Waals surface area contributed by atoms with E-state index >= 15 is 0 Å². The molecule has 0 spiro atoms. The number of halogens is 4. The molecule has 0 aromatic heterocycles. The number of hydrogen-bond acceptors (Lipinski definition) is 2. The number of rotatable bonds is 5. The van der Waals surface area contributed by atoms with Gasteiger partial charge < -0.3 is 10.6 Å². The van der Waals surface area contributed by atoms with Crippen LogP contribution in [0.15, 0.2) is 84.9 Å². The van der Waals surface area contributed by atoms with Gasteiger partial charge in [0.15, 0.2) is 0 Å². The summed E-state index contributed by atoms with van der Waals surface area (Å²) in [5.74, 6) is 0. The highest BCUT2D eigenvalue weighted by Crippen LogP contribution is 2.35. The standard InChI is InChI=1S/C24H16Cl4N2/c25-19-3-1-4-20(26)23(19)29-17-11-7-15(8-12-17)16-9-13-18(14-10-16)30-24-21(27)5-2-6-22(24)28/h1-14,29-30H. The largest absolute Gasteiger partial charge is 0.353 e. The Labute approximate surface area is 195 Å². The van der Waals surface area contributed by atoms with Crippen molar-refractivity contribution in [1.29, 1.82) is 0 Å². The second kappa shape index (κ2) is 9.20. The minimum Gasteiger partial charge on any atom is -0.353 e. The van der Waals surface area contributed by atoms with Crippen molar-refractivity contribution in [3.05, 3.63) is 105 Å². The molecular formula is C24H16Cl4N2. The van der Waals surface area contributed by atoms with Crippen LogP contribution in [0, 0.1) is 0 Å². The lowest BCUT2D eigenvalue weighted by atomic mass is 10.0. The SMILES string of the molecule is Clc1cccc(Cl)c1Nc1ccc(-c2ccc(Nc3c(Cl)cccc3Cl)cc2)cc1. The molecule has 0 aliphatic rings. The summed E-state index contributed by atoms with van der Waals surface area (Å²) in [5.41, 5.74) is 5.38. The lowest BCUT2D eigenvalue weighted by molar-refractivity contribution is 1.52. The van der Waals surface area contributed by atoms with Gasteiger partial charge in [0.2, 0.25) is 0 Å². The zero-order valence-electron chi connectivity index (χ0n) is 15.6. The molecule has 0 saturated heterocycles. The van der Waals surface area contributed by atoms with E-state index in [4.69, 9.17) is 46.4 Å². The van der Waals surface area contributed by atoms with Crippen LogP contribution in [0.2, 0.25) is 20.1 Å². The molecule has 2 N–H and O–H groups in total. The fourth-order valence-corrected chi connectivity index (χ4v) is 4.00. The molecule has 6 heteroatoms. The average molecular weight is 474 g/mol. The van der Waals surface area contributed by atoms with E-state index in [0.717, 1.165) is 22.5 Å². The monoisotopic (exact) mass is 472 g/mol. The molecule has 0 bridgehead atoms. The van der Waals surface area contributed by atoms with E-state index in [-0.39, 0.29) is 0 Å². The molecule has 4 aromatic rings. The third-order valence-corrected chi connectivity index (χ3v) is 5.83. The van der Waals surface area contributed by atoms with E-state index < -0.39 is 0 Å². The maximum Gasteiger partial charge on any atom is 0.0762 e. The quantitative estimate of drug-likeness (QED) is 0.301. The van der Waals surface area contributed by atoms with Crippen molar-refractivity contribution in [2.45, 2.75) is 0 Å². The molecule has 150 valence electrons. The third kappa shape index (κ3) is 4.69. The Hall–Kier alpha value is -2.36. The number of anilines is 4. The van der Waals surface area contributed by atoms with Crippen LogP contribution in [-0.4, -0.2) is 0 Å². The molecule has 0 amide bonds. The van der Waals surface area contributed by atoms with Crippen molar-refractivity contribution in [1.82, 2.24) is 0 Å². The van der Waals surface area contributed by atoms with E-state index in [1.807, 2.05) is 60.7 Å². The first-order valence-electron chi connectivity index (χ1n) is 9.14. The van der Waals surface area contributed by atoms with Crippen LogP contribution in [-0.2, 0) is 0 Å². The Bertz CT molecular complexity index is 1040. The van der Waals surface area contributed by atoms with Crippen molar-refractivity contribution in [3.8, 4) is 11.1 Å². The zero-order chi connectivity index (χ0) is 21.1. The van der Waals surface area contributed by atoms with Crippen molar-refractivity contribution in [2.24, 2.45) is 0 Å². The molecule has 4 aromatic carbocycles. The summed E-state index contributed by atoms with van der Waals surface area (Å²) in [6.45, 7) is 0. The summed E-state index contributed by atoms with van der Waals surface area (Å²) < 4.78 is 0. The fraction of sp³-hybridized carbons (Fsp3) is 0. The Balaban J connectivity index is 1.49. The smallest absolute Gasteiger partial charge is 0.0762 e. The molecule has 2 nitrogen and oxygen atoms in total. The van der Waals surface area contributed by atoms with Crippen LogP contribution in [0.1, 0.15) is 0 Å². The van der Waals surface area contributed by atoms with Crippen molar-refractivity contribution in [3.63, 3.8) is 0 Å². The van der Waals surface area contributed by atoms with Gasteiger partial charge in [0, 0.05) is 11.4 Å². The van der Waals surface area contributed by atoms with Crippen LogP contribution >= 0.6 is 46.4 Å². The van der Waals surface area contributed by atoms with Gasteiger partial charge in [-0.1, -0.05) is 82.8 Å². The molecule has 0 fully saturated rings. The first-order chi connectivity index (χ1) is 14.5. The van der Waals surface area contributed by atoms with Crippen LogP contribution in [0.3, 0.4) is 0 Å². The molecule has 0 saturated carbocycles. The van der Waals surface area contributed by atoms with Gasteiger partial charge in [-0.15, -0.1) is 0 Å². The van der Waals surface area contributed by atoms with Crippen LogP contribution in [0.25, 0.3) is 11.1 Å². The van der Waals surface area contributed by atoms with E-state index in [1.165, 1.54) is 0 Å². The van der Waals surface area contributed by atoms with Gasteiger partial charge in [-0.2, -0.15) is 0 Å². The number of hydrogen-bond donors (Lipinski definition) is 2. The van der Waals surface area contributed by atoms with Gasteiger partial charge in [0.25, 0.3) is 0 Å². The lowest BCUT2D eigenvalue weighted by Crippen LogP contribution is -1.93. The Morgan fingerprint density at radius 3 is 1.00 bits per heavy atom. The first-order valence-corrected chi connectivity index (χ1v) is 10.6. The topological polar surface area (TPSA) is 24.1 Å². The Morgan fingerprint density at radius 1 is 0.400 bits per heavy atom. The Kier molecular flexibility index (Phi) is 6.40. The lowest BCUT2D eigenvalue weighted by Gasteiger charge is -2.12. The first kappa shape index (κ1) is 20.9. The summed E-state index contributed by atoms with van der Waals surface area (Å²) >= 11 is 24.9. The molecule has 30 heavy (non-hydrogen) atoms. The second-order valence-electron chi connectivity index (χ2n) is 6.60. The molecular weight excluding hydrogens is 458 g/mol. The van der Waals surface area contributed by atoms with E-state index in [0.29, 0.717) is 31.5 Å². The fourth-order valence-electron chi connectivity index (χ4n) is 3.02. The number of para-hydroxylation sites is 2. The minimum absolute atomic E-state index is 0.577. The van der Waals surface area contributed by atoms with E-state index in [2.05, 4.69) is 10.6 Å². The normalized spacial score (nSPS) is 10.7. The van der Waals surface area contributed by atoms with Crippen LogP contribution in [0.4, 0.5) is 22.7 Å². The summed E-state index contributed by atoms with van der Waals surface area (Å²) in [6.07, 6.45) is 0. The predicted molar refractivity (Wildman–Crippen MR) is 131 cm³/mol. The van der Waals surface area contributed by atoms with Gasteiger partial charge in [0.1, 0.15) is 0 Å². The molecule has 0 aliphatic carbocycles. The van der Waals surface area contributed by atoms with Gasteiger partial charge >= 0.3 is 0 Å². The summed E-state index contributed by atoms with van der Waals surface area (Å²) in [7, 11) is 0. The molecule has 0 atom stereocenters.